The van der Waals surface area contributed by atoms with Crippen LogP contribution in [-0.4, -0.2) is 83.4 Å². The predicted molar refractivity (Wildman–Crippen MR) is 161 cm³/mol. The molecule has 3 N–H and O–H groups in total. The van der Waals surface area contributed by atoms with E-state index in [-0.39, 0.29) is 66.6 Å². The molecular weight excluding hydrogens is 637 g/mol. The van der Waals surface area contributed by atoms with Gasteiger partial charge < -0.3 is 25.4 Å². The number of alkyl halides is 4. The Morgan fingerprint density at radius 1 is 1.28 bits per heavy atom. The van der Waals surface area contributed by atoms with Crippen LogP contribution in [0, 0.1) is 5.82 Å². The second-order valence-electron chi connectivity index (χ2n) is 12.2. The molecule has 0 spiro atoms. The minimum absolute atomic E-state index is 0.0153. The smallest absolute Gasteiger partial charge is 0.418 e. The van der Waals surface area contributed by atoms with E-state index < -0.39 is 57.2 Å². The summed E-state index contributed by atoms with van der Waals surface area (Å²) in [5.74, 6) is -1.67. The lowest BCUT2D eigenvalue weighted by molar-refractivity contribution is -0.137. The van der Waals surface area contributed by atoms with Gasteiger partial charge in [0.05, 0.1) is 22.5 Å². The zero-order valence-electron chi connectivity index (χ0n) is 25.3. The number of nitrogen functional groups attached to an aromatic ring is 1. The van der Waals surface area contributed by atoms with Crippen LogP contribution >= 0.6 is 11.6 Å². The molecule has 2 aromatic heterocycles. The first kappa shape index (κ1) is 32.2. The van der Waals surface area contributed by atoms with E-state index in [2.05, 4.69) is 20.3 Å². The highest BCUT2D eigenvalue weighted by Gasteiger charge is 2.49. The first-order chi connectivity index (χ1) is 21.7. The van der Waals surface area contributed by atoms with Gasteiger partial charge in [0, 0.05) is 50.8 Å². The van der Waals surface area contributed by atoms with Crippen LogP contribution in [0.1, 0.15) is 44.6 Å². The normalized spacial score (nSPS) is 24.8. The zero-order valence-corrected chi connectivity index (χ0v) is 26.1. The number of fused-ring (bicyclic) bond motifs is 1. The predicted octanol–water partition coefficient (Wildman–Crippen LogP) is 5.15. The Labute approximate surface area is 266 Å². The summed E-state index contributed by atoms with van der Waals surface area (Å²) < 4.78 is 86.2. The third kappa shape index (κ3) is 5.72. The Hall–Kier alpha value is -3.72. The number of ether oxygens (including phenoxy) is 2. The van der Waals surface area contributed by atoms with E-state index in [1.54, 1.807) is 11.9 Å². The highest BCUT2D eigenvalue weighted by molar-refractivity contribution is 6.32. The minimum atomic E-state index is -5.00. The summed E-state index contributed by atoms with van der Waals surface area (Å²) >= 11 is 6.00. The number of amides is 1. The van der Waals surface area contributed by atoms with Crippen molar-refractivity contribution in [3.05, 3.63) is 28.5 Å². The highest BCUT2D eigenvalue weighted by atomic mass is 35.5. The number of halogens is 6. The molecule has 1 aromatic carbocycles. The summed E-state index contributed by atoms with van der Waals surface area (Å²) in [6.45, 7) is 2.91. The van der Waals surface area contributed by atoms with Crippen LogP contribution in [0.2, 0.25) is 5.02 Å². The molecule has 1 amide bonds. The fourth-order valence-corrected chi connectivity index (χ4v) is 7.16. The summed E-state index contributed by atoms with van der Waals surface area (Å²) in [6.07, 6.45) is -4.77. The molecule has 0 aliphatic carbocycles. The summed E-state index contributed by atoms with van der Waals surface area (Å²) in [5, 5.41) is 1.77. The first-order valence-corrected chi connectivity index (χ1v) is 15.3. The Balaban J connectivity index is 1.56. The van der Waals surface area contributed by atoms with E-state index in [1.807, 2.05) is 11.8 Å². The van der Waals surface area contributed by atoms with Gasteiger partial charge >= 0.3 is 12.2 Å². The number of carbonyl (C=O) groups is 1. The summed E-state index contributed by atoms with van der Waals surface area (Å²) in [4.78, 5) is 29.3. The van der Waals surface area contributed by atoms with Crippen LogP contribution in [-0.2, 0) is 11.0 Å². The average Bonchev–Trinajstić information content (AvgIpc) is 3.50. The van der Waals surface area contributed by atoms with Crippen molar-refractivity contribution in [2.45, 2.75) is 69.1 Å². The van der Waals surface area contributed by atoms with Crippen molar-refractivity contribution < 1.29 is 36.2 Å². The number of carbonyl (C=O) groups excluding carboxylic acids is 1. The molecule has 248 valence electrons. The molecule has 2 fully saturated rings. The van der Waals surface area contributed by atoms with Gasteiger partial charge in [-0.1, -0.05) is 11.6 Å². The number of pyridine rings is 1. The average molecular weight is 670 g/mol. The number of anilines is 2. The number of nitrogens with one attached hydrogen (secondary N) is 1. The van der Waals surface area contributed by atoms with E-state index in [0.29, 0.717) is 13.0 Å². The maximum absolute atomic E-state index is 16.7. The van der Waals surface area contributed by atoms with Gasteiger partial charge in [0.15, 0.2) is 5.82 Å². The van der Waals surface area contributed by atoms with Gasteiger partial charge in [-0.05, 0) is 38.4 Å². The van der Waals surface area contributed by atoms with E-state index in [9.17, 15) is 22.4 Å². The largest absolute Gasteiger partial charge is 0.473 e. The number of hydrogen-bond acceptors (Lipinski definition) is 9. The molecule has 16 heteroatoms. The summed E-state index contributed by atoms with van der Waals surface area (Å²) in [5.41, 5.74) is 1.92. The molecule has 0 saturated carbocycles. The molecule has 1 unspecified atom stereocenters. The zero-order chi connectivity index (χ0) is 33.1. The van der Waals surface area contributed by atoms with Crippen LogP contribution < -0.4 is 25.4 Å². The van der Waals surface area contributed by atoms with Crippen LogP contribution in [0.5, 0.6) is 11.9 Å². The fraction of sp³-hybridized carbons (Fsp3) is 0.533. The third-order valence-corrected chi connectivity index (χ3v) is 9.46. The molecule has 0 bridgehead atoms. The topological polar surface area (TPSA) is 119 Å². The Kier molecular flexibility index (Phi) is 8.28. The van der Waals surface area contributed by atoms with Crippen LogP contribution in [0.25, 0.3) is 22.2 Å². The fourth-order valence-electron chi connectivity index (χ4n) is 6.82. The molecule has 10 nitrogen and oxygen atoms in total. The van der Waals surface area contributed by atoms with Crippen LogP contribution in [0.15, 0.2) is 12.1 Å². The van der Waals surface area contributed by atoms with Crippen molar-refractivity contribution in [1.82, 2.24) is 25.2 Å². The molecule has 4 atom stereocenters. The van der Waals surface area contributed by atoms with Crippen molar-refractivity contribution in [1.29, 1.82) is 0 Å². The van der Waals surface area contributed by atoms with Crippen molar-refractivity contribution in [2.24, 2.45) is 0 Å². The highest BCUT2D eigenvalue weighted by Crippen LogP contribution is 2.47. The molecule has 5 heterocycles. The third-order valence-electron chi connectivity index (χ3n) is 9.16. The van der Waals surface area contributed by atoms with E-state index in [1.165, 1.54) is 7.05 Å². The van der Waals surface area contributed by atoms with Crippen LogP contribution in [0.3, 0.4) is 0 Å². The molecule has 46 heavy (non-hydrogen) atoms. The maximum Gasteiger partial charge on any atom is 0.418 e. The Bertz CT molecular complexity index is 1700. The number of benzene rings is 1. The number of nitrogens with two attached hydrogens (primary N) is 1. The molecule has 3 aromatic rings. The van der Waals surface area contributed by atoms with Crippen LogP contribution in [0.4, 0.5) is 33.5 Å². The molecule has 0 radical (unpaired) electrons. The quantitative estimate of drug-likeness (QED) is 0.271. The van der Waals surface area contributed by atoms with Crippen molar-refractivity contribution in [3.8, 4) is 23.1 Å². The molecule has 3 aliphatic rings. The van der Waals surface area contributed by atoms with Gasteiger partial charge in [0.25, 0.3) is 0 Å². The maximum atomic E-state index is 16.7. The van der Waals surface area contributed by atoms with Gasteiger partial charge in [-0.25, -0.2) is 13.8 Å². The number of aromatic nitrogens is 3. The van der Waals surface area contributed by atoms with E-state index >= 15 is 4.39 Å². The van der Waals surface area contributed by atoms with Crippen molar-refractivity contribution >= 4 is 39.9 Å². The number of nitrogens with zero attached hydrogens (tertiary/aromatic N) is 5. The van der Waals surface area contributed by atoms with Gasteiger partial charge in [0.2, 0.25) is 11.8 Å². The second-order valence-corrected chi connectivity index (χ2v) is 12.6. The summed E-state index contributed by atoms with van der Waals surface area (Å²) in [7, 11) is 3.17. The van der Waals surface area contributed by atoms with Gasteiger partial charge in [-0.15, -0.1) is 0 Å². The lowest BCUT2D eigenvalue weighted by atomic mass is 9.95. The van der Waals surface area contributed by atoms with E-state index in [0.717, 1.165) is 25.1 Å². The van der Waals surface area contributed by atoms with Crippen molar-refractivity contribution in [2.75, 3.05) is 44.4 Å². The molecule has 2 saturated heterocycles. The number of hydrogen-bond donors (Lipinski definition) is 2. The van der Waals surface area contributed by atoms with Crippen molar-refractivity contribution in [3.63, 3.8) is 0 Å². The SMILES string of the molecule is CNC(=O)CC1C[C@@H](C)N(C)c2nc(OC[C@@]34CCCN3C[C@H](F)C4)nc3c(F)c(-c4cc(N)cc(Cl)c4C(F)(F)F)nc(c23)O1. The molecular formula is C30H33ClF5N7O3. The minimum Gasteiger partial charge on any atom is -0.473 e. The van der Waals surface area contributed by atoms with Gasteiger partial charge in [-0.3, -0.25) is 9.69 Å². The monoisotopic (exact) mass is 669 g/mol. The first-order valence-electron chi connectivity index (χ1n) is 14.9. The standard InChI is InChI=1S/C30H33ClF5N7O3/c1-14-7-17(10-20(44)38-2)46-27-21-25(23(33)24(39-27)18-8-16(37)9-19(31)22(18)30(34,35)36)40-28(41-26(21)42(14)3)45-13-29-5-4-6-43(29)12-15(32)11-29/h8-9,14-15,17H,4-7,10-13,37H2,1-3H3,(H,38,44)/t14-,15-,17?,29+/m1/s1. The van der Waals surface area contributed by atoms with E-state index in [4.69, 9.17) is 26.8 Å². The second kappa shape index (κ2) is 11.8. The number of rotatable bonds is 6. The lowest BCUT2D eigenvalue weighted by Crippen LogP contribution is -2.43. The summed E-state index contributed by atoms with van der Waals surface area (Å²) in [6, 6.07) is 1.31. The van der Waals surface area contributed by atoms with Gasteiger partial charge in [0.1, 0.15) is 41.3 Å². The van der Waals surface area contributed by atoms with Gasteiger partial charge in [-0.2, -0.15) is 23.1 Å². The molecule has 6 rings (SSSR count). The molecule has 3 aliphatic heterocycles. The Morgan fingerprint density at radius 3 is 2.76 bits per heavy atom. The Morgan fingerprint density at radius 2 is 2.04 bits per heavy atom. The lowest BCUT2D eigenvalue weighted by Gasteiger charge is -2.34.